The lowest BCUT2D eigenvalue weighted by Gasteiger charge is -2.34. The number of para-hydroxylation sites is 1. The van der Waals surface area contributed by atoms with E-state index in [1.54, 1.807) is 12.1 Å². The van der Waals surface area contributed by atoms with Crippen molar-refractivity contribution in [3.8, 4) is 0 Å². The van der Waals surface area contributed by atoms with Crippen molar-refractivity contribution in [2.24, 2.45) is 0 Å². The molecule has 0 aliphatic carbocycles. The maximum absolute atomic E-state index is 12.9. The van der Waals surface area contributed by atoms with Crippen LogP contribution in [0.1, 0.15) is 30.3 Å². The quantitative estimate of drug-likeness (QED) is 0.805. The summed E-state index contributed by atoms with van der Waals surface area (Å²) in [7, 11) is 0. The zero-order chi connectivity index (χ0) is 14.9. The Morgan fingerprint density at radius 2 is 2.14 bits per heavy atom. The number of Topliss-reactive ketones (excluding diaryl/α,β-unsaturated/α-hetero) is 1. The van der Waals surface area contributed by atoms with Crippen LogP contribution in [0.25, 0.3) is 11.0 Å². The van der Waals surface area contributed by atoms with Crippen LogP contribution in [0.15, 0.2) is 28.7 Å². The zero-order valence-corrected chi connectivity index (χ0v) is 12.6. The second-order valence-electron chi connectivity index (χ2n) is 5.14. The number of benzene rings is 1. The molecule has 1 aromatic carbocycles. The molecule has 2 aromatic rings. The van der Waals surface area contributed by atoms with Crippen LogP contribution in [-0.2, 0) is 9.47 Å². The number of carbonyl (C=O) groups excluding carboxylic acids is 1. The standard InChI is InChI=1S/C16H17ClO4/c1-2-20-16(6-8-19-9-7-16)15(18)13-10-11-4-3-5-12(17)14(11)21-13/h3-5,10H,2,6-9H2,1H3. The summed E-state index contributed by atoms with van der Waals surface area (Å²) in [5, 5.41) is 1.33. The summed E-state index contributed by atoms with van der Waals surface area (Å²) in [6, 6.07) is 7.19. The van der Waals surface area contributed by atoms with Crippen LogP contribution < -0.4 is 0 Å². The monoisotopic (exact) mass is 308 g/mol. The molecule has 0 spiro atoms. The molecule has 0 radical (unpaired) electrons. The van der Waals surface area contributed by atoms with Gasteiger partial charge in [0.05, 0.1) is 5.02 Å². The number of carbonyl (C=O) groups is 1. The number of furan rings is 1. The van der Waals surface area contributed by atoms with Gasteiger partial charge in [0.2, 0.25) is 5.78 Å². The minimum atomic E-state index is -0.840. The molecule has 21 heavy (non-hydrogen) atoms. The van der Waals surface area contributed by atoms with Gasteiger partial charge in [-0.05, 0) is 19.1 Å². The van der Waals surface area contributed by atoms with Crippen LogP contribution in [0.5, 0.6) is 0 Å². The molecule has 0 atom stereocenters. The third-order valence-electron chi connectivity index (χ3n) is 3.85. The highest BCUT2D eigenvalue weighted by Crippen LogP contribution is 2.33. The molecule has 112 valence electrons. The predicted octanol–water partition coefficient (Wildman–Crippen LogP) is 3.85. The summed E-state index contributed by atoms with van der Waals surface area (Å²) >= 11 is 6.10. The van der Waals surface area contributed by atoms with E-state index < -0.39 is 5.60 Å². The lowest BCUT2D eigenvalue weighted by Crippen LogP contribution is -2.46. The molecule has 4 nitrogen and oxygen atoms in total. The minimum absolute atomic E-state index is 0.125. The lowest BCUT2D eigenvalue weighted by atomic mass is 9.88. The van der Waals surface area contributed by atoms with Crippen LogP contribution in [0, 0.1) is 0 Å². The van der Waals surface area contributed by atoms with Gasteiger partial charge in [0, 0.05) is 38.0 Å². The Balaban J connectivity index is 1.99. The molecule has 2 heterocycles. The van der Waals surface area contributed by atoms with Crippen molar-refractivity contribution in [1.29, 1.82) is 0 Å². The fourth-order valence-electron chi connectivity index (χ4n) is 2.78. The molecule has 1 fully saturated rings. The molecule has 1 aliphatic heterocycles. The lowest BCUT2D eigenvalue weighted by molar-refractivity contribution is -0.0831. The first kappa shape index (κ1) is 14.6. The molecule has 0 saturated carbocycles. The van der Waals surface area contributed by atoms with Crippen molar-refractivity contribution in [3.63, 3.8) is 0 Å². The number of ketones is 1. The molecule has 0 unspecified atom stereocenters. The van der Waals surface area contributed by atoms with Gasteiger partial charge in [0.15, 0.2) is 11.3 Å². The van der Waals surface area contributed by atoms with Crippen molar-refractivity contribution in [2.75, 3.05) is 19.8 Å². The van der Waals surface area contributed by atoms with Gasteiger partial charge >= 0.3 is 0 Å². The van der Waals surface area contributed by atoms with Crippen molar-refractivity contribution < 1.29 is 18.7 Å². The Labute approximate surface area is 128 Å². The number of halogens is 1. The van der Waals surface area contributed by atoms with Crippen LogP contribution in [0.2, 0.25) is 5.02 Å². The minimum Gasteiger partial charge on any atom is -0.451 e. The molecule has 1 aliphatic rings. The number of hydrogen-bond donors (Lipinski definition) is 0. The van der Waals surface area contributed by atoms with E-state index in [9.17, 15) is 4.79 Å². The molecule has 1 aromatic heterocycles. The summed E-state index contributed by atoms with van der Waals surface area (Å²) in [5.41, 5.74) is -0.297. The van der Waals surface area contributed by atoms with Gasteiger partial charge in [0.25, 0.3) is 0 Å². The second-order valence-corrected chi connectivity index (χ2v) is 5.54. The highest BCUT2D eigenvalue weighted by Gasteiger charge is 2.42. The van der Waals surface area contributed by atoms with E-state index in [1.807, 2.05) is 19.1 Å². The van der Waals surface area contributed by atoms with Gasteiger partial charge in [-0.25, -0.2) is 0 Å². The highest BCUT2D eigenvalue weighted by atomic mass is 35.5. The Hall–Kier alpha value is -1.36. The van der Waals surface area contributed by atoms with E-state index in [0.29, 0.717) is 49.0 Å². The molecule has 1 saturated heterocycles. The molecule has 0 amide bonds. The second kappa shape index (κ2) is 5.79. The van der Waals surface area contributed by atoms with Crippen molar-refractivity contribution >= 4 is 28.4 Å². The summed E-state index contributed by atoms with van der Waals surface area (Å²) in [6.45, 7) is 3.41. The normalized spacial score (nSPS) is 18.0. The maximum atomic E-state index is 12.9. The Bertz CT molecular complexity index is 650. The maximum Gasteiger partial charge on any atom is 0.229 e. The average molecular weight is 309 g/mol. The van der Waals surface area contributed by atoms with Crippen molar-refractivity contribution in [2.45, 2.75) is 25.4 Å². The van der Waals surface area contributed by atoms with Crippen molar-refractivity contribution in [3.05, 3.63) is 35.0 Å². The van der Waals surface area contributed by atoms with E-state index in [-0.39, 0.29) is 5.78 Å². The summed E-state index contributed by atoms with van der Waals surface area (Å²) < 4.78 is 16.8. The summed E-state index contributed by atoms with van der Waals surface area (Å²) in [5.74, 6) is 0.174. The molecule has 5 heteroatoms. The SMILES string of the molecule is CCOC1(C(=O)c2cc3cccc(Cl)c3o2)CCOCC1. The van der Waals surface area contributed by atoms with Crippen molar-refractivity contribution in [1.82, 2.24) is 0 Å². The van der Waals surface area contributed by atoms with Crippen LogP contribution in [-0.4, -0.2) is 31.2 Å². The van der Waals surface area contributed by atoms with E-state index in [0.717, 1.165) is 5.39 Å². The predicted molar refractivity (Wildman–Crippen MR) is 80.0 cm³/mol. The molecular weight excluding hydrogens is 292 g/mol. The van der Waals surface area contributed by atoms with Gasteiger partial charge in [-0.1, -0.05) is 23.7 Å². The smallest absolute Gasteiger partial charge is 0.229 e. The van der Waals surface area contributed by atoms with E-state index in [2.05, 4.69) is 0 Å². The summed E-state index contributed by atoms with van der Waals surface area (Å²) in [4.78, 5) is 12.9. The van der Waals surface area contributed by atoms with Crippen LogP contribution in [0.4, 0.5) is 0 Å². The molecule has 0 N–H and O–H groups in total. The van der Waals surface area contributed by atoms with Crippen LogP contribution in [0.3, 0.4) is 0 Å². The van der Waals surface area contributed by atoms with Gasteiger partial charge in [0.1, 0.15) is 5.60 Å². The Kier molecular flexibility index (Phi) is 4.02. The fraction of sp³-hybridized carbons (Fsp3) is 0.438. The first-order valence-electron chi connectivity index (χ1n) is 7.11. The van der Waals surface area contributed by atoms with E-state index >= 15 is 0 Å². The average Bonchev–Trinajstić information content (AvgIpc) is 2.93. The molecule has 3 rings (SSSR count). The highest BCUT2D eigenvalue weighted by molar-refractivity contribution is 6.34. The number of fused-ring (bicyclic) bond motifs is 1. The Morgan fingerprint density at radius 1 is 1.38 bits per heavy atom. The number of ether oxygens (including phenoxy) is 2. The topological polar surface area (TPSA) is 48.7 Å². The van der Waals surface area contributed by atoms with E-state index in [1.165, 1.54) is 0 Å². The van der Waals surface area contributed by atoms with Gasteiger partial charge in [-0.15, -0.1) is 0 Å². The molecular formula is C16H17ClO4. The third kappa shape index (κ3) is 2.59. The van der Waals surface area contributed by atoms with Gasteiger partial charge in [-0.2, -0.15) is 0 Å². The number of rotatable bonds is 4. The van der Waals surface area contributed by atoms with Gasteiger partial charge in [-0.3, -0.25) is 4.79 Å². The summed E-state index contributed by atoms with van der Waals surface area (Å²) in [6.07, 6.45) is 1.09. The van der Waals surface area contributed by atoms with Crippen LogP contribution >= 0.6 is 11.6 Å². The number of hydrogen-bond acceptors (Lipinski definition) is 4. The third-order valence-corrected chi connectivity index (χ3v) is 4.15. The molecule has 0 bridgehead atoms. The first-order chi connectivity index (χ1) is 10.2. The zero-order valence-electron chi connectivity index (χ0n) is 11.9. The largest absolute Gasteiger partial charge is 0.451 e. The Morgan fingerprint density at radius 3 is 2.81 bits per heavy atom. The van der Waals surface area contributed by atoms with Gasteiger partial charge < -0.3 is 13.9 Å². The fourth-order valence-corrected chi connectivity index (χ4v) is 3.00. The van der Waals surface area contributed by atoms with E-state index in [4.69, 9.17) is 25.5 Å². The first-order valence-corrected chi connectivity index (χ1v) is 7.49.